The van der Waals surface area contributed by atoms with Gasteiger partial charge in [-0.2, -0.15) is 5.26 Å². The van der Waals surface area contributed by atoms with Gasteiger partial charge in [0.05, 0.1) is 15.5 Å². The van der Waals surface area contributed by atoms with Crippen LogP contribution in [0, 0.1) is 16.7 Å². The third kappa shape index (κ3) is 3.32. The van der Waals surface area contributed by atoms with Gasteiger partial charge in [0, 0.05) is 6.04 Å². The number of nitrogens with one attached hydrogen (secondary N) is 1. The van der Waals surface area contributed by atoms with Crippen molar-refractivity contribution in [3.8, 4) is 6.07 Å². The molecule has 1 fully saturated rings. The van der Waals surface area contributed by atoms with E-state index in [1.54, 1.807) is 0 Å². The number of halogens is 1. The molecule has 0 radical (unpaired) electrons. The van der Waals surface area contributed by atoms with Crippen LogP contribution in [0.15, 0.2) is 23.1 Å². The summed E-state index contributed by atoms with van der Waals surface area (Å²) in [6.45, 7) is 4.28. The van der Waals surface area contributed by atoms with Crippen molar-refractivity contribution < 1.29 is 8.42 Å². The van der Waals surface area contributed by atoms with Crippen LogP contribution in [0.3, 0.4) is 0 Å². The molecule has 108 valence electrons. The maximum atomic E-state index is 12.3. The lowest BCUT2D eigenvalue weighted by Crippen LogP contribution is -2.33. The zero-order chi connectivity index (χ0) is 15.0. The van der Waals surface area contributed by atoms with Crippen molar-refractivity contribution in [2.24, 2.45) is 5.41 Å². The van der Waals surface area contributed by atoms with E-state index in [0.29, 0.717) is 0 Å². The first kappa shape index (κ1) is 15.3. The van der Waals surface area contributed by atoms with Crippen molar-refractivity contribution in [1.29, 1.82) is 5.26 Å². The van der Waals surface area contributed by atoms with Gasteiger partial charge in [0.2, 0.25) is 10.0 Å². The molecule has 1 aromatic rings. The second-order valence-electron chi connectivity index (χ2n) is 5.98. The van der Waals surface area contributed by atoms with E-state index in [1.165, 1.54) is 18.2 Å². The average molecular weight is 313 g/mol. The van der Waals surface area contributed by atoms with Crippen LogP contribution in [-0.2, 0) is 10.0 Å². The minimum Gasteiger partial charge on any atom is -0.208 e. The van der Waals surface area contributed by atoms with Crippen LogP contribution in [0.5, 0.6) is 0 Å². The Morgan fingerprint density at radius 3 is 2.65 bits per heavy atom. The van der Waals surface area contributed by atoms with Crippen LogP contribution in [0.2, 0.25) is 5.02 Å². The molecule has 0 aromatic heterocycles. The number of hydrogen-bond acceptors (Lipinski definition) is 3. The van der Waals surface area contributed by atoms with Crippen molar-refractivity contribution in [1.82, 2.24) is 4.72 Å². The molecular formula is C14H17ClN2O2S. The molecule has 1 saturated carbocycles. The lowest BCUT2D eigenvalue weighted by Gasteiger charge is -2.18. The Labute approximate surface area is 124 Å². The molecule has 1 aliphatic rings. The molecule has 1 N–H and O–H groups in total. The Bertz CT molecular complexity index is 662. The van der Waals surface area contributed by atoms with E-state index in [-0.39, 0.29) is 26.9 Å². The lowest BCUT2D eigenvalue weighted by molar-refractivity contribution is 0.372. The van der Waals surface area contributed by atoms with Crippen molar-refractivity contribution in [2.75, 3.05) is 0 Å². The fraction of sp³-hybridized carbons (Fsp3) is 0.500. The molecule has 0 spiro atoms. The topological polar surface area (TPSA) is 70.0 Å². The van der Waals surface area contributed by atoms with Gasteiger partial charge in [0.25, 0.3) is 0 Å². The fourth-order valence-corrected chi connectivity index (χ4v) is 4.16. The summed E-state index contributed by atoms with van der Waals surface area (Å²) in [5.41, 5.74) is 0.447. The third-order valence-corrected chi connectivity index (χ3v) is 5.49. The largest absolute Gasteiger partial charge is 0.240 e. The van der Waals surface area contributed by atoms with E-state index in [9.17, 15) is 8.42 Å². The zero-order valence-electron chi connectivity index (χ0n) is 11.5. The smallest absolute Gasteiger partial charge is 0.208 e. The van der Waals surface area contributed by atoms with Gasteiger partial charge in [-0.1, -0.05) is 25.4 Å². The standard InChI is InChI=1S/C14H17ClN2O2S/c1-14(2)6-5-11(8-14)17-20(18,19)12-4-3-10(9-16)13(15)7-12/h3-4,7,11,17H,5-6,8H2,1-2H3. The van der Waals surface area contributed by atoms with Crippen LogP contribution in [0.1, 0.15) is 38.7 Å². The van der Waals surface area contributed by atoms with Crippen molar-refractivity contribution in [3.63, 3.8) is 0 Å². The quantitative estimate of drug-likeness (QED) is 0.932. The first-order valence-electron chi connectivity index (χ1n) is 6.45. The van der Waals surface area contributed by atoms with Gasteiger partial charge >= 0.3 is 0 Å². The Hall–Kier alpha value is -1.09. The average Bonchev–Trinajstić information content (AvgIpc) is 2.67. The molecule has 1 aliphatic carbocycles. The molecule has 0 saturated heterocycles. The van der Waals surface area contributed by atoms with E-state index in [1.807, 2.05) is 6.07 Å². The molecule has 4 nitrogen and oxygen atoms in total. The molecule has 0 bridgehead atoms. The van der Waals surface area contributed by atoms with Gasteiger partial charge in [-0.25, -0.2) is 13.1 Å². The molecule has 1 aromatic carbocycles. The number of hydrogen-bond donors (Lipinski definition) is 1. The summed E-state index contributed by atoms with van der Waals surface area (Å²) in [7, 11) is -3.59. The van der Waals surface area contributed by atoms with Crippen LogP contribution in [-0.4, -0.2) is 14.5 Å². The molecule has 0 amide bonds. The summed E-state index contributed by atoms with van der Waals surface area (Å²) >= 11 is 5.88. The normalized spacial score (nSPS) is 21.6. The van der Waals surface area contributed by atoms with Crippen LogP contribution >= 0.6 is 11.6 Å². The third-order valence-electron chi connectivity index (χ3n) is 3.66. The minimum atomic E-state index is -3.59. The van der Waals surface area contributed by atoms with Gasteiger partial charge in [0.15, 0.2) is 0 Å². The Morgan fingerprint density at radius 1 is 1.45 bits per heavy atom. The van der Waals surface area contributed by atoms with Gasteiger partial charge < -0.3 is 0 Å². The van der Waals surface area contributed by atoms with Crippen molar-refractivity contribution in [2.45, 2.75) is 44.0 Å². The van der Waals surface area contributed by atoms with E-state index in [0.717, 1.165) is 19.3 Å². The van der Waals surface area contributed by atoms with E-state index in [2.05, 4.69) is 18.6 Å². The fourth-order valence-electron chi connectivity index (χ4n) is 2.58. The molecule has 0 heterocycles. The Kier molecular flexibility index (Phi) is 4.10. The summed E-state index contributed by atoms with van der Waals surface area (Å²) in [4.78, 5) is 0.103. The second-order valence-corrected chi connectivity index (χ2v) is 8.10. The molecule has 20 heavy (non-hydrogen) atoms. The first-order chi connectivity index (χ1) is 9.23. The summed E-state index contributed by atoms with van der Waals surface area (Å²) in [6, 6.07) is 6.03. The number of sulfonamides is 1. The van der Waals surface area contributed by atoms with Gasteiger partial charge in [-0.15, -0.1) is 0 Å². The molecule has 1 unspecified atom stereocenters. The highest BCUT2D eigenvalue weighted by Crippen LogP contribution is 2.37. The SMILES string of the molecule is CC1(C)CCC(NS(=O)(=O)c2ccc(C#N)c(Cl)c2)C1. The Morgan fingerprint density at radius 2 is 2.15 bits per heavy atom. The lowest BCUT2D eigenvalue weighted by atomic mass is 9.92. The van der Waals surface area contributed by atoms with Crippen LogP contribution < -0.4 is 4.72 Å². The predicted molar refractivity (Wildman–Crippen MR) is 77.9 cm³/mol. The summed E-state index contributed by atoms with van der Waals surface area (Å²) < 4.78 is 27.3. The van der Waals surface area contributed by atoms with Crippen LogP contribution in [0.25, 0.3) is 0 Å². The van der Waals surface area contributed by atoms with Crippen LogP contribution in [0.4, 0.5) is 0 Å². The number of nitriles is 1. The molecule has 6 heteroatoms. The Balaban J connectivity index is 2.19. The summed E-state index contributed by atoms with van der Waals surface area (Å²) in [5, 5.41) is 8.95. The van der Waals surface area contributed by atoms with Gasteiger partial charge in [0.1, 0.15) is 6.07 Å². The molecular weight excluding hydrogens is 296 g/mol. The highest BCUT2D eigenvalue weighted by atomic mass is 35.5. The zero-order valence-corrected chi connectivity index (χ0v) is 13.1. The summed E-state index contributed by atoms with van der Waals surface area (Å²) in [6.07, 6.45) is 2.68. The number of nitrogens with zero attached hydrogens (tertiary/aromatic N) is 1. The maximum Gasteiger partial charge on any atom is 0.240 e. The molecule has 2 rings (SSSR count). The molecule has 1 atom stereocenters. The molecule has 0 aliphatic heterocycles. The predicted octanol–water partition coefficient (Wildman–Crippen LogP) is 3.07. The maximum absolute atomic E-state index is 12.3. The van der Waals surface area contributed by atoms with E-state index >= 15 is 0 Å². The van der Waals surface area contributed by atoms with Crippen molar-refractivity contribution >= 4 is 21.6 Å². The van der Waals surface area contributed by atoms with E-state index in [4.69, 9.17) is 16.9 Å². The van der Waals surface area contributed by atoms with E-state index < -0.39 is 10.0 Å². The highest BCUT2D eigenvalue weighted by Gasteiger charge is 2.33. The monoisotopic (exact) mass is 312 g/mol. The number of benzene rings is 1. The minimum absolute atomic E-state index is 0.0376. The number of rotatable bonds is 3. The summed E-state index contributed by atoms with van der Waals surface area (Å²) in [5.74, 6) is 0. The second kappa shape index (κ2) is 5.36. The highest BCUT2D eigenvalue weighted by molar-refractivity contribution is 7.89. The van der Waals surface area contributed by atoms with Gasteiger partial charge in [-0.3, -0.25) is 0 Å². The first-order valence-corrected chi connectivity index (χ1v) is 8.32. The van der Waals surface area contributed by atoms with Gasteiger partial charge in [-0.05, 0) is 42.9 Å². The van der Waals surface area contributed by atoms with Crippen molar-refractivity contribution in [3.05, 3.63) is 28.8 Å².